The van der Waals surface area contributed by atoms with Gasteiger partial charge in [-0.05, 0) is 48.0 Å². The summed E-state index contributed by atoms with van der Waals surface area (Å²) in [5.74, 6) is 0.960. The summed E-state index contributed by atoms with van der Waals surface area (Å²) in [5, 5.41) is 17.9. The number of aromatic hydroxyl groups is 1. The highest BCUT2D eigenvalue weighted by Gasteiger charge is 2.41. The zero-order valence-electron chi connectivity index (χ0n) is 14.7. The molecule has 0 spiro atoms. The van der Waals surface area contributed by atoms with Gasteiger partial charge in [0.25, 0.3) is 0 Å². The fourth-order valence-electron chi connectivity index (χ4n) is 3.78. The summed E-state index contributed by atoms with van der Waals surface area (Å²) in [6.45, 7) is 0. The van der Waals surface area contributed by atoms with Crippen LogP contribution in [-0.4, -0.2) is 15.8 Å². The minimum atomic E-state index is -0.507. The molecule has 140 valence electrons. The van der Waals surface area contributed by atoms with Crippen molar-refractivity contribution in [1.29, 1.82) is 0 Å². The predicted molar refractivity (Wildman–Crippen MR) is 113 cm³/mol. The van der Waals surface area contributed by atoms with E-state index in [2.05, 4.69) is 28.1 Å². The van der Waals surface area contributed by atoms with Crippen molar-refractivity contribution in [1.82, 2.24) is 5.01 Å². The second kappa shape index (κ2) is 6.83. The number of hydrogen-bond donors (Lipinski definition) is 1. The lowest BCUT2D eigenvalue weighted by Gasteiger charge is -2.38. The maximum absolute atomic E-state index is 10.4. The van der Waals surface area contributed by atoms with Gasteiger partial charge in [-0.3, -0.25) is 0 Å². The summed E-state index contributed by atoms with van der Waals surface area (Å²) in [6, 6.07) is 21.0. The van der Waals surface area contributed by atoms with Gasteiger partial charge in [0.1, 0.15) is 11.5 Å². The molecule has 1 N–H and O–H groups in total. The van der Waals surface area contributed by atoms with E-state index in [1.165, 1.54) is 0 Å². The van der Waals surface area contributed by atoms with Gasteiger partial charge in [0, 0.05) is 21.5 Å². The van der Waals surface area contributed by atoms with Crippen molar-refractivity contribution >= 4 is 33.2 Å². The van der Waals surface area contributed by atoms with E-state index in [9.17, 15) is 5.11 Å². The smallest absolute Gasteiger partial charge is 0.217 e. The third-order valence-corrected chi connectivity index (χ3v) is 5.90. The van der Waals surface area contributed by atoms with Gasteiger partial charge in [-0.2, -0.15) is 5.10 Å². The number of hydrazone groups is 1. The summed E-state index contributed by atoms with van der Waals surface area (Å²) in [4.78, 5) is 0. The Balaban J connectivity index is 1.62. The minimum absolute atomic E-state index is 0.00861. The molecule has 0 aromatic heterocycles. The van der Waals surface area contributed by atoms with Crippen LogP contribution in [-0.2, 0) is 0 Å². The van der Waals surface area contributed by atoms with Crippen LogP contribution < -0.4 is 4.74 Å². The molecule has 3 aromatic rings. The van der Waals surface area contributed by atoms with Crippen LogP contribution in [0, 0.1) is 0 Å². The van der Waals surface area contributed by atoms with Gasteiger partial charge in [-0.15, -0.1) is 0 Å². The highest BCUT2D eigenvalue weighted by Crippen LogP contribution is 2.49. The van der Waals surface area contributed by atoms with Crippen molar-refractivity contribution in [3.8, 4) is 11.5 Å². The van der Waals surface area contributed by atoms with Crippen molar-refractivity contribution in [2.24, 2.45) is 5.10 Å². The van der Waals surface area contributed by atoms with Crippen LogP contribution in [0.5, 0.6) is 11.5 Å². The highest BCUT2D eigenvalue weighted by atomic mass is 79.9. The van der Waals surface area contributed by atoms with Crippen LogP contribution in [0.25, 0.3) is 0 Å². The van der Waals surface area contributed by atoms with Gasteiger partial charge in [0.05, 0.1) is 17.3 Å². The van der Waals surface area contributed by atoms with Gasteiger partial charge in [0.2, 0.25) is 6.23 Å². The number of para-hydroxylation sites is 1. The molecule has 2 aliphatic rings. The van der Waals surface area contributed by atoms with Gasteiger partial charge >= 0.3 is 0 Å². The van der Waals surface area contributed by atoms with E-state index < -0.39 is 6.23 Å². The Hall–Kier alpha value is -2.50. The molecule has 2 heterocycles. The molecule has 2 atom stereocenters. The molecule has 0 fully saturated rings. The minimum Gasteiger partial charge on any atom is -0.507 e. The first-order chi connectivity index (χ1) is 13.6. The molecule has 4 nitrogen and oxygen atoms in total. The lowest BCUT2D eigenvalue weighted by Crippen LogP contribution is -2.33. The quantitative estimate of drug-likeness (QED) is 0.511. The number of hydrogen-bond acceptors (Lipinski definition) is 4. The highest BCUT2D eigenvalue weighted by molar-refractivity contribution is 9.10. The molecule has 0 radical (unpaired) electrons. The summed E-state index contributed by atoms with van der Waals surface area (Å²) >= 11 is 9.74. The number of nitrogens with zero attached hydrogens (tertiary/aromatic N) is 2. The van der Waals surface area contributed by atoms with E-state index in [-0.39, 0.29) is 11.8 Å². The van der Waals surface area contributed by atoms with Crippen LogP contribution in [0.1, 0.15) is 35.4 Å². The molecule has 0 amide bonds. The summed E-state index contributed by atoms with van der Waals surface area (Å²) in [7, 11) is 0. The Labute approximate surface area is 176 Å². The third kappa shape index (κ3) is 2.95. The SMILES string of the molecule is Oc1ccccc1[C@@H]1Oc2ccc(Cl)cc2[C@H]2CC(c3ccc(Br)cc3)=NN21. The molecule has 3 aromatic carbocycles. The van der Waals surface area contributed by atoms with Crippen molar-refractivity contribution in [2.75, 3.05) is 0 Å². The number of benzene rings is 3. The Morgan fingerprint density at radius 3 is 2.61 bits per heavy atom. The van der Waals surface area contributed by atoms with Crippen LogP contribution in [0.2, 0.25) is 5.02 Å². The van der Waals surface area contributed by atoms with Crippen molar-refractivity contribution in [3.63, 3.8) is 0 Å². The summed E-state index contributed by atoms with van der Waals surface area (Å²) in [5.41, 5.74) is 3.75. The topological polar surface area (TPSA) is 45.1 Å². The van der Waals surface area contributed by atoms with Crippen molar-refractivity contribution < 1.29 is 9.84 Å². The molecule has 0 saturated heterocycles. The maximum atomic E-state index is 10.4. The average Bonchev–Trinajstić information content (AvgIpc) is 3.14. The van der Waals surface area contributed by atoms with E-state index in [0.29, 0.717) is 10.6 Å². The van der Waals surface area contributed by atoms with E-state index in [0.717, 1.165) is 33.5 Å². The third-order valence-electron chi connectivity index (χ3n) is 5.13. The number of fused-ring (bicyclic) bond motifs is 3. The van der Waals surface area contributed by atoms with Gasteiger partial charge in [-0.1, -0.05) is 51.8 Å². The van der Waals surface area contributed by atoms with E-state index in [1.54, 1.807) is 12.1 Å². The Morgan fingerprint density at radius 2 is 1.82 bits per heavy atom. The Bertz CT molecular complexity index is 1080. The fourth-order valence-corrected chi connectivity index (χ4v) is 4.22. The molecular formula is C22H16BrClN2O2. The molecule has 0 aliphatic carbocycles. The lowest BCUT2D eigenvalue weighted by atomic mass is 9.96. The molecule has 5 rings (SSSR count). The summed E-state index contributed by atoms with van der Waals surface area (Å²) in [6.07, 6.45) is 0.232. The number of phenols is 1. The first kappa shape index (κ1) is 17.6. The second-order valence-electron chi connectivity index (χ2n) is 6.86. The molecular weight excluding hydrogens is 440 g/mol. The van der Waals surface area contributed by atoms with Gasteiger partial charge in [-0.25, -0.2) is 5.01 Å². The molecule has 0 saturated carbocycles. The lowest BCUT2D eigenvalue weighted by molar-refractivity contribution is -0.0203. The Kier molecular flexibility index (Phi) is 4.29. The maximum Gasteiger partial charge on any atom is 0.217 e. The van der Waals surface area contributed by atoms with E-state index in [4.69, 9.17) is 21.4 Å². The van der Waals surface area contributed by atoms with Crippen LogP contribution >= 0.6 is 27.5 Å². The molecule has 0 bridgehead atoms. The van der Waals surface area contributed by atoms with Crippen LogP contribution in [0.3, 0.4) is 0 Å². The number of phenolic OH excluding ortho intramolecular Hbond substituents is 1. The second-order valence-corrected chi connectivity index (χ2v) is 8.22. The molecule has 2 aliphatic heterocycles. The largest absolute Gasteiger partial charge is 0.507 e. The van der Waals surface area contributed by atoms with Gasteiger partial charge in [0.15, 0.2) is 0 Å². The molecule has 6 heteroatoms. The predicted octanol–water partition coefficient (Wildman–Crippen LogP) is 6.05. The monoisotopic (exact) mass is 454 g/mol. The van der Waals surface area contributed by atoms with Crippen LogP contribution in [0.4, 0.5) is 0 Å². The number of ether oxygens (including phenoxy) is 1. The first-order valence-corrected chi connectivity index (χ1v) is 10.1. The molecule has 28 heavy (non-hydrogen) atoms. The molecule has 0 unspecified atom stereocenters. The first-order valence-electron chi connectivity index (χ1n) is 8.96. The normalized spacial score (nSPS) is 20.2. The zero-order chi connectivity index (χ0) is 19.3. The standard InChI is InChI=1S/C22H16BrClN2O2/c23-14-7-5-13(6-8-14)18-12-19-17-11-15(24)9-10-21(17)28-22(26(19)25-18)16-3-1-2-4-20(16)27/h1-11,19,22,27H,12H2/t19-,22+/m1/s1. The van der Waals surface area contributed by atoms with Crippen LogP contribution in [0.15, 0.2) is 76.3 Å². The van der Waals surface area contributed by atoms with Crippen molar-refractivity contribution in [3.05, 3.63) is 92.9 Å². The fraction of sp³-hybridized carbons (Fsp3) is 0.136. The van der Waals surface area contributed by atoms with E-state index in [1.807, 2.05) is 47.5 Å². The zero-order valence-corrected chi connectivity index (χ0v) is 17.1. The summed E-state index contributed by atoms with van der Waals surface area (Å²) < 4.78 is 7.29. The number of halogens is 2. The number of rotatable bonds is 2. The Morgan fingerprint density at radius 1 is 1.04 bits per heavy atom. The van der Waals surface area contributed by atoms with Gasteiger partial charge < -0.3 is 9.84 Å². The van der Waals surface area contributed by atoms with E-state index >= 15 is 0 Å². The average molecular weight is 456 g/mol. The van der Waals surface area contributed by atoms with Crippen molar-refractivity contribution in [2.45, 2.75) is 18.7 Å².